The summed E-state index contributed by atoms with van der Waals surface area (Å²) in [6, 6.07) is 18.2. The monoisotopic (exact) mass is 348 g/mol. The molecule has 1 amide bonds. The van der Waals surface area contributed by atoms with E-state index in [4.69, 9.17) is 10.2 Å². The van der Waals surface area contributed by atoms with E-state index in [9.17, 15) is 4.79 Å². The van der Waals surface area contributed by atoms with Crippen LogP contribution in [0.5, 0.6) is 0 Å². The Morgan fingerprint density at radius 2 is 1.96 bits per heavy atom. The first-order valence-corrected chi connectivity index (χ1v) is 9.03. The predicted octanol–water partition coefficient (Wildman–Crippen LogP) is 4.19. The van der Waals surface area contributed by atoms with Gasteiger partial charge in [-0.2, -0.15) is 0 Å². The maximum atomic E-state index is 11.8. The van der Waals surface area contributed by atoms with Gasteiger partial charge in [-0.1, -0.05) is 50.2 Å². The van der Waals surface area contributed by atoms with Crippen LogP contribution in [0.2, 0.25) is 0 Å². The molecule has 1 aliphatic heterocycles. The van der Waals surface area contributed by atoms with Gasteiger partial charge in [-0.15, -0.1) is 0 Å². The van der Waals surface area contributed by atoms with Gasteiger partial charge in [0, 0.05) is 24.0 Å². The first kappa shape index (κ1) is 16.9. The molecule has 1 aliphatic rings. The maximum Gasteiger partial charge on any atom is 0.234 e. The number of benzene rings is 2. The smallest absolute Gasteiger partial charge is 0.234 e. The second-order valence-corrected chi connectivity index (χ2v) is 8.04. The molecule has 0 radical (unpaired) electrons. The van der Waals surface area contributed by atoms with E-state index in [-0.39, 0.29) is 17.4 Å². The first-order chi connectivity index (χ1) is 12.4. The number of amides is 1. The molecule has 2 heterocycles. The molecule has 1 fully saturated rings. The third-order valence-electron chi connectivity index (χ3n) is 5.17. The van der Waals surface area contributed by atoms with Crippen LogP contribution in [0.25, 0.3) is 22.3 Å². The average Bonchev–Trinajstić information content (AvgIpc) is 3.16. The van der Waals surface area contributed by atoms with Crippen molar-refractivity contribution in [3.8, 4) is 11.3 Å². The van der Waals surface area contributed by atoms with E-state index in [1.54, 1.807) is 0 Å². The van der Waals surface area contributed by atoms with Crippen LogP contribution >= 0.6 is 0 Å². The van der Waals surface area contributed by atoms with Crippen molar-refractivity contribution >= 4 is 16.9 Å². The topological polar surface area (TPSA) is 59.5 Å². The molecular weight excluding hydrogens is 324 g/mol. The number of nitrogens with zero attached hydrogens (tertiary/aromatic N) is 1. The Kier molecular flexibility index (Phi) is 4.08. The molecular formula is C22H24N2O2. The lowest BCUT2D eigenvalue weighted by molar-refractivity contribution is -0.122. The van der Waals surface area contributed by atoms with Gasteiger partial charge in [0.15, 0.2) is 0 Å². The first-order valence-electron chi connectivity index (χ1n) is 9.03. The Bertz CT molecular complexity index is 943. The van der Waals surface area contributed by atoms with E-state index in [1.165, 1.54) is 5.56 Å². The molecule has 1 aromatic heterocycles. The Hall–Kier alpha value is -2.59. The lowest BCUT2D eigenvalue weighted by atomic mass is 9.90. The third kappa shape index (κ3) is 3.25. The van der Waals surface area contributed by atoms with Crippen molar-refractivity contribution in [1.29, 1.82) is 0 Å². The van der Waals surface area contributed by atoms with Gasteiger partial charge >= 0.3 is 0 Å². The molecule has 134 valence electrons. The molecule has 3 aromatic rings. The molecule has 1 atom stereocenters. The fourth-order valence-electron chi connectivity index (χ4n) is 3.99. The Morgan fingerprint density at radius 1 is 1.19 bits per heavy atom. The molecule has 4 nitrogen and oxygen atoms in total. The molecule has 2 aromatic carbocycles. The zero-order valence-corrected chi connectivity index (χ0v) is 15.2. The summed E-state index contributed by atoms with van der Waals surface area (Å²) in [5.74, 6) is 0.640. The van der Waals surface area contributed by atoms with Gasteiger partial charge in [-0.05, 0) is 35.6 Å². The van der Waals surface area contributed by atoms with Crippen molar-refractivity contribution in [3.05, 3.63) is 60.2 Å². The predicted molar refractivity (Wildman–Crippen MR) is 103 cm³/mol. The molecule has 4 heteroatoms. The third-order valence-corrected chi connectivity index (χ3v) is 5.17. The lowest BCUT2D eigenvalue weighted by Crippen LogP contribution is -2.39. The molecule has 4 rings (SSSR count). The number of likely N-dealkylation sites (tertiary alicyclic amines) is 1. The summed E-state index contributed by atoms with van der Waals surface area (Å²) in [7, 11) is 0. The Labute approximate surface area is 153 Å². The Morgan fingerprint density at radius 3 is 2.69 bits per heavy atom. The van der Waals surface area contributed by atoms with E-state index in [0.717, 1.165) is 41.8 Å². The molecule has 1 saturated heterocycles. The summed E-state index contributed by atoms with van der Waals surface area (Å²) in [5, 5.41) is 1.08. The van der Waals surface area contributed by atoms with Crippen LogP contribution < -0.4 is 5.73 Å². The van der Waals surface area contributed by atoms with Crippen LogP contribution in [0.4, 0.5) is 0 Å². The second kappa shape index (κ2) is 6.29. The van der Waals surface area contributed by atoms with Crippen molar-refractivity contribution < 1.29 is 9.21 Å². The number of hydrogen-bond donors (Lipinski definition) is 1. The van der Waals surface area contributed by atoms with Crippen molar-refractivity contribution in [2.75, 3.05) is 6.54 Å². The summed E-state index contributed by atoms with van der Waals surface area (Å²) in [4.78, 5) is 14.0. The van der Waals surface area contributed by atoms with Crippen LogP contribution in [0.1, 0.15) is 25.8 Å². The number of carbonyl (C=O) groups excluding carboxylic acids is 1. The minimum absolute atomic E-state index is 0.111. The number of primary amides is 1. The van der Waals surface area contributed by atoms with E-state index in [0.29, 0.717) is 0 Å². The van der Waals surface area contributed by atoms with Crippen LogP contribution in [0, 0.1) is 5.41 Å². The zero-order valence-electron chi connectivity index (χ0n) is 15.2. The van der Waals surface area contributed by atoms with Crippen LogP contribution in [-0.4, -0.2) is 23.4 Å². The van der Waals surface area contributed by atoms with E-state index >= 15 is 0 Å². The number of nitrogens with two attached hydrogens (primary N) is 1. The van der Waals surface area contributed by atoms with Crippen LogP contribution in [-0.2, 0) is 11.3 Å². The number of carbonyl (C=O) groups is 1. The van der Waals surface area contributed by atoms with Gasteiger partial charge in [-0.3, -0.25) is 9.69 Å². The summed E-state index contributed by atoms with van der Waals surface area (Å²) < 4.78 is 5.98. The minimum Gasteiger partial charge on any atom is -0.456 e. The highest BCUT2D eigenvalue weighted by molar-refractivity contribution is 5.83. The highest BCUT2D eigenvalue weighted by Crippen LogP contribution is 2.35. The van der Waals surface area contributed by atoms with E-state index in [2.05, 4.69) is 36.9 Å². The summed E-state index contributed by atoms with van der Waals surface area (Å²) in [6.07, 6.45) is 0.814. The largest absolute Gasteiger partial charge is 0.456 e. The number of fused-ring (bicyclic) bond motifs is 1. The van der Waals surface area contributed by atoms with Crippen molar-refractivity contribution in [2.45, 2.75) is 32.9 Å². The Balaban J connectivity index is 1.60. The second-order valence-electron chi connectivity index (χ2n) is 8.04. The molecule has 0 bridgehead atoms. The molecule has 2 N–H and O–H groups in total. The van der Waals surface area contributed by atoms with Gasteiger partial charge in [0.25, 0.3) is 0 Å². The quantitative estimate of drug-likeness (QED) is 0.769. The highest BCUT2D eigenvalue weighted by Gasteiger charge is 2.40. The maximum absolute atomic E-state index is 11.8. The van der Waals surface area contributed by atoms with Gasteiger partial charge < -0.3 is 10.2 Å². The van der Waals surface area contributed by atoms with Gasteiger partial charge in [0.2, 0.25) is 5.91 Å². The van der Waals surface area contributed by atoms with Crippen molar-refractivity contribution in [1.82, 2.24) is 4.90 Å². The molecule has 0 spiro atoms. The van der Waals surface area contributed by atoms with Crippen molar-refractivity contribution in [3.63, 3.8) is 0 Å². The fraction of sp³-hybridized carbons (Fsp3) is 0.318. The molecule has 0 aliphatic carbocycles. The molecule has 0 saturated carbocycles. The number of furan rings is 1. The summed E-state index contributed by atoms with van der Waals surface area (Å²) in [6.45, 7) is 5.97. The van der Waals surface area contributed by atoms with E-state index in [1.807, 2.05) is 36.4 Å². The van der Waals surface area contributed by atoms with Gasteiger partial charge in [0.1, 0.15) is 11.3 Å². The minimum atomic E-state index is -0.230. The number of rotatable bonds is 4. The zero-order chi connectivity index (χ0) is 18.3. The number of hydrogen-bond acceptors (Lipinski definition) is 3. The highest BCUT2D eigenvalue weighted by atomic mass is 16.3. The standard InChI is InChI=1S/C22H24N2O2/c1-22(2)12-18(21(23)25)24(14-22)13-15-8-9-19-17(10-15)11-20(26-19)16-6-4-3-5-7-16/h3-11,18H,12-14H2,1-2H3,(H2,23,25). The summed E-state index contributed by atoms with van der Waals surface area (Å²) in [5.41, 5.74) is 8.85. The molecule has 1 unspecified atom stereocenters. The van der Waals surface area contributed by atoms with Crippen LogP contribution in [0.3, 0.4) is 0 Å². The summed E-state index contributed by atoms with van der Waals surface area (Å²) >= 11 is 0. The SMILES string of the molecule is CC1(C)CC(C(N)=O)N(Cc2ccc3oc(-c4ccccc4)cc3c2)C1. The fourth-order valence-corrected chi connectivity index (χ4v) is 3.99. The normalized spacial score (nSPS) is 19.8. The lowest BCUT2D eigenvalue weighted by Gasteiger charge is -2.22. The van der Waals surface area contributed by atoms with Gasteiger partial charge in [0.05, 0.1) is 6.04 Å². The van der Waals surface area contributed by atoms with Crippen molar-refractivity contribution in [2.24, 2.45) is 11.1 Å². The van der Waals surface area contributed by atoms with Crippen LogP contribution in [0.15, 0.2) is 59.0 Å². The van der Waals surface area contributed by atoms with Gasteiger partial charge in [-0.25, -0.2) is 0 Å². The molecule has 26 heavy (non-hydrogen) atoms. The average molecular weight is 348 g/mol. The van der Waals surface area contributed by atoms with E-state index < -0.39 is 0 Å².